The van der Waals surface area contributed by atoms with Gasteiger partial charge in [-0.25, -0.2) is 4.52 Å². The lowest BCUT2D eigenvalue weighted by atomic mass is 10.3. The Morgan fingerprint density at radius 3 is 3.00 bits per heavy atom. The molecule has 0 unspecified atom stereocenters. The molecule has 2 aromatic rings. The summed E-state index contributed by atoms with van der Waals surface area (Å²) in [5, 5.41) is 4.28. The fraction of sp³-hybridized carbons (Fsp3) is 0.222. The number of aromatic nitrogens is 2. The van der Waals surface area contributed by atoms with Gasteiger partial charge in [0.2, 0.25) is 0 Å². The van der Waals surface area contributed by atoms with Gasteiger partial charge < -0.3 is 4.74 Å². The number of fused-ring (bicyclic) bond motifs is 1. The molecule has 0 N–H and O–H groups in total. The van der Waals surface area contributed by atoms with E-state index in [1.807, 2.05) is 35.8 Å². The molecule has 2 rings (SSSR count). The number of aryl methyl sites for hydroxylation is 1. The predicted molar refractivity (Wildman–Crippen MR) is 46.5 cm³/mol. The van der Waals surface area contributed by atoms with Crippen LogP contribution in [0.4, 0.5) is 0 Å². The van der Waals surface area contributed by atoms with E-state index in [0.717, 1.165) is 17.0 Å². The average molecular weight is 162 g/mol. The van der Waals surface area contributed by atoms with Gasteiger partial charge in [-0.05, 0) is 19.1 Å². The first-order valence-corrected chi connectivity index (χ1v) is 3.81. The van der Waals surface area contributed by atoms with Crippen molar-refractivity contribution in [2.24, 2.45) is 0 Å². The van der Waals surface area contributed by atoms with E-state index < -0.39 is 0 Å². The second-order valence-electron chi connectivity index (χ2n) is 2.65. The zero-order chi connectivity index (χ0) is 8.55. The molecule has 0 aliphatic carbocycles. The third-order valence-electron chi connectivity index (χ3n) is 1.86. The molecule has 0 saturated heterocycles. The molecule has 0 aliphatic rings. The van der Waals surface area contributed by atoms with E-state index in [2.05, 4.69) is 5.10 Å². The largest absolute Gasteiger partial charge is 0.493 e. The summed E-state index contributed by atoms with van der Waals surface area (Å²) in [6.45, 7) is 1.94. The topological polar surface area (TPSA) is 26.5 Å². The Morgan fingerprint density at radius 1 is 1.42 bits per heavy atom. The van der Waals surface area contributed by atoms with Crippen molar-refractivity contribution in [2.75, 3.05) is 7.11 Å². The third kappa shape index (κ3) is 0.863. The van der Waals surface area contributed by atoms with Gasteiger partial charge in [0.25, 0.3) is 0 Å². The Bertz CT molecular complexity index is 406. The highest BCUT2D eigenvalue weighted by atomic mass is 16.5. The lowest BCUT2D eigenvalue weighted by Gasteiger charge is -1.95. The molecular formula is C9H10N2O. The van der Waals surface area contributed by atoms with Gasteiger partial charge >= 0.3 is 0 Å². The Morgan fingerprint density at radius 2 is 2.25 bits per heavy atom. The summed E-state index contributed by atoms with van der Waals surface area (Å²) in [5.74, 6) is 0.857. The summed E-state index contributed by atoms with van der Waals surface area (Å²) in [7, 11) is 1.66. The maximum absolute atomic E-state index is 5.21. The van der Waals surface area contributed by atoms with E-state index in [1.165, 1.54) is 0 Å². The van der Waals surface area contributed by atoms with Crippen molar-refractivity contribution in [3.63, 3.8) is 0 Å². The smallest absolute Gasteiger partial charge is 0.167 e. The molecular weight excluding hydrogens is 152 g/mol. The number of rotatable bonds is 1. The minimum absolute atomic E-state index is 0.857. The summed E-state index contributed by atoms with van der Waals surface area (Å²) in [4.78, 5) is 0. The second-order valence-corrected chi connectivity index (χ2v) is 2.65. The van der Waals surface area contributed by atoms with Crippen molar-refractivity contribution < 1.29 is 4.74 Å². The lowest BCUT2D eigenvalue weighted by molar-refractivity contribution is 0.416. The first-order chi connectivity index (χ1) is 5.83. The van der Waals surface area contributed by atoms with E-state index >= 15 is 0 Å². The van der Waals surface area contributed by atoms with Crippen LogP contribution in [0, 0.1) is 6.92 Å². The van der Waals surface area contributed by atoms with Crippen LogP contribution in [0.15, 0.2) is 24.4 Å². The summed E-state index contributed by atoms with van der Waals surface area (Å²) >= 11 is 0. The molecule has 0 spiro atoms. The molecule has 0 atom stereocenters. The van der Waals surface area contributed by atoms with Crippen LogP contribution in [0.2, 0.25) is 0 Å². The van der Waals surface area contributed by atoms with Crippen LogP contribution in [-0.2, 0) is 0 Å². The second kappa shape index (κ2) is 2.52. The van der Waals surface area contributed by atoms with Crippen molar-refractivity contribution in [1.29, 1.82) is 0 Å². The van der Waals surface area contributed by atoms with Gasteiger partial charge in [-0.15, -0.1) is 0 Å². The molecule has 0 amide bonds. The Kier molecular flexibility index (Phi) is 1.50. The van der Waals surface area contributed by atoms with E-state index in [1.54, 1.807) is 7.11 Å². The Balaban J connectivity index is 2.81. The van der Waals surface area contributed by atoms with Crippen LogP contribution >= 0.6 is 0 Å². The van der Waals surface area contributed by atoms with Crippen molar-refractivity contribution in [3.05, 3.63) is 30.1 Å². The monoisotopic (exact) mass is 162 g/mol. The molecule has 3 nitrogen and oxygen atoms in total. The molecule has 62 valence electrons. The summed E-state index contributed by atoms with van der Waals surface area (Å²) in [6.07, 6.45) is 1.91. The third-order valence-corrected chi connectivity index (χ3v) is 1.86. The van der Waals surface area contributed by atoms with Crippen LogP contribution in [0.1, 0.15) is 5.69 Å². The highest BCUT2D eigenvalue weighted by Gasteiger charge is 2.06. The predicted octanol–water partition coefficient (Wildman–Crippen LogP) is 1.65. The molecule has 12 heavy (non-hydrogen) atoms. The van der Waals surface area contributed by atoms with Crippen molar-refractivity contribution in [1.82, 2.24) is 9.61 Å². The van der Waals surface area contributed by atoms with E-state index in [-0.39, 0.29) is 0 Å². The van der Waals surface area contributed by atoms with Crippen LogP contribution in [0.3, 0.4) is 0 Å². The SMILES string of the molecule is COc1c(C)nn2ccccc12. The van der Waals surface area contributed by atoms with Crippen LogP contribution in [-0.4, -0.2) is 16.7 Å². The maximum atomic E-state index is 5.21. The Labute approximate surface area is 70.6 Å². The summed E-state index contributed by atoms with van der Waals surface area (Å²) in [6, 6.07) is 5.90. The van der Waals surface area contributed by atoms with Gasteiger partial charge in [0.15, 0.2) is 5.75 Å². The standard InChI is InChI=1S/C9H10N2O/c1-7-9(12-2)8-5-3-4-6-11(8)10-7/h3-6H,1-2H3. The number of hydrogen-bond donors (Lipinski definition) is 0. The van der Waals surface area contributed by atoms with Gasteiger partial charge in [0.1, 0.15) is 11.2 Å². The zero-order valence-electron chi connectivity index (χ0n) is 7.11. The van der Waals surface area contributed by atoms with Gasteiger partial charge in [0.05, 0.1) is 7.11 Å². The minimum atomic E-state index is 0.857. The van der Waals surface area contributed by atoms with E-state index in [4.69, 9.17) is 4.74 Å². The molecule has 0 aliphatic heterocycles. The molecule has 0 fully saturated rings. The lowest BCUT2D eigenvalue weighted by Crippen LogP contribution is -1.84. The quantitative estimate of drug-likeness (QED) is 0.637. The van der Waals surface area contributed by atoms with E-state index in [9.17, 15) is 0 Å². The highest BCUT2D eigenvalue weighted by Crippen LogP contribution is 2.22. The zero-order valence-corrected chi connectivity index (χ0v) is 7.11. The fourth-order valence-corrected chi connectivity index (χ4v) is 1.35. The van der Waals surface area contributed by atoms with Crippen molar-refractivity contribution in [3.8, 4) is 5.75 Å². The van der Waals surface area contributed by atoms with Gasteiger partial charge in [-0.1, -0.05) is 6.07 Å². The van der Waals surface area contributed by atoms with Gasteiger partial charge in [-0.2, -0.15) is 5.10 Å². The van der Waals surface area contributed by atoms with Crippen LogP contribution in [0.25, 0.3) is 5.52 Å². The molecule has 0 bridgehead atoms. The van der Waals surface area contributed by atoms with Crippen molar-refractivity contribution in [2.45, 2.75) is 6.92 Å². The van der Waals surface area contributed by atoms with Crippen LogP contribution < -0.4 is 4.74 Å². The molecule has 2 heterocycles. The number of hydrogen-bond acceptors (Lipinski definition) is 2. The van der Waals surface area contributed by atoms with Gasteiger partial charge in [0, 0.05) is 6.20 Å². The first kappa shape index (κ1) is 7.16. The molecule has 3 heteroatoms. The number of methoxy groups -OCH3 is 1. The Hall–Kier alpha value is -1.51. The minimum Gasteiger partial charge on any atom is -0.493 e. The van der Waals surface area contributed by atoms with Crippen molar-refractivity contribution >= 4 is 5.52 Å². The molecule has 0 radical (unpaired) electrons. The number of pyridine rings is 1. The fourth-order valence-electron chi connectivity index (χ4n) is 1.35. The van der Waals surface area contributed by atoms with E-state index in [0.29, 0.717) is 0 Å². The number of nitrogens with zero attached hydrogens (tertiary/aromatic N) is 2. The molecule has 2 aromatic heterocycles. The van der Waals surface area contributed by atoms with Gasteiger partial charge in [-0.3, -0.25) is 0 Å². The highest BCUT2D eigenvalue weighted by molar-refractivity contribution is 5.61. The molecule has 0 aromatic carbocycles. The summed E-state index contributed by atoms with van der Waals surface area (Å²) in [5.41, 5.74) is 1.93. The molecule has 0 saturated carbocycles. The first-order valence-electron chi connectivity index (χ1n) is 3.81. The van der Waals surface area contributed by atoms with Crippen LogP contribution in [0.5, 0.6) is 5.75 Å². The number of ether oxygens (including phenoxy) is 1. The maximum Gasteiger partial charge on any atom is 0.167 e. The average Bonchev–Trinajstić information content (AvgIpc) is 2.40. The normalized spacial score (nSPS) is 10.5. The summed E-state index contributed by atoms with van der Waals surface area (Å²) < 4.78 is 7.03.